The molecular weight excluding hydrogens is 234 g/mol. The third kappa shape index (κ3) is 2.14. The van der Waals surface area contributed by atoms with Crippen molar-refractivity contribution < 1.29 is 14.7 Å². The maximum Gasteiger partial charge on any atom is 0.257 e. The van der Waals surface area contributed by atoms with Crippen LogP contribution in [-0.2, 0) is 9.59 Å². The van der Waals surface area contributed by atoms with Crippen molar-refractivity contribution in [3.8, 4) is 0 Å². The maximum atomic E-state index is 11.3. The van der Waals surface area contributed by atoms with Gasteiger partial charge in [0.15, 0.2) is 6.10 Å². The molecule has 1 aromatic carbocycles. The second kappa shape index (κ2) is 4.66. The fourth-order valence-electron chi connectivity index (χ4n) is 1.86. The molecule has 0 radical (unpaired) electrons. The van der Waals surface area contributed by atoms with Crippen LogP contribution in [0.5, 0.6) is 0 Å². The number of aliphatic hydroxyl groups excluding tert-OH is 1. The molecule has 1 unspecified atom stereocenters. The molecule has 1 heterocycles. The third-order valence-corrected chi connectivity index (χ3v) is 2.94. The number of likely N-dealkylation sites (N-methyl/N-ethyl adjacent to an activating group) is 2. The number of hydrogen-bond donors (Lipinski definition) is 3. The topological polar surface area (TPSA) is 81.7 Å². The third-order valence-electron chi connectivity index (χ3n) is 2.94. The van der Waals surface area contributed by atoms with E-state index >= 15 is 0 Å². The Morgan fingerprint density at radius 3 is 2.94 bits per heavy atom. The van der Waals surface area contributed by atoms with E-state index in [0.29, 0.717) is 11.3 Å². The van der Waals surface area contributed by atoms with Gasteiger partial charge in [0.1, 0.15) is 0 Å². The van der Waals surface area contributed by atoms with Gasteiger partial charge in [-0.25, -0.2) is 0 Å². The lowest BCUT2D eigenvalue weighted by Gasteiger charge is -2.19. The van der Waals surface area contributed by atoms with Crippen LogP contribution in [0.25, 0.3) is 0 Å². The number of rotatable bonds is 3. The molecule has 6 nitrogen and oxygen atoms in total. The molecule has 3 N–H and O–H groups in total. The van der Waals surface area contributed by atoms with Crippen LogP contribution >= 0.6 is 0 Å². The van der Waals surface area contributed by atoms with Crippen molar-refractivity contribution in [3.63, 3.8) is 0 Å². The van der Waals surface area contributed by atoms with Crippen LogP contribution in [0.3, 0.4) is 0 Å². The maximum absolute atomic E-state index is 11.3. The normalized spacial score (nSPS) is 17.1. The van der Waals surface area contributed by atoms with Gasteiger partial charge in [0.05, 0.1) is 6.54 Å². The van der Waals surface area contributed by atoms with E-state index in [1.165, 1.54) is 0 Å². The molecule has 0 spiro atoms. The summed E-state index contributed by atoms with van der Waals surface area (Å²) in [6.45, 7) is 0.228. The molecule has 0 saturated carbocycles. The molecule has 6 heteroatoms. The summed E-state index contributed by atoms with van der Waals surface area (Å²) in [5.41, 5.74) is 1.96. The number of nitrogens with zero attached hydrogens (tertiary/aromatic N) is 1. The summed E-state index contributed by atoms with van der Waals surface area (Å²) in [4.78, 5) is 24.3. The van der Waals surface area contributed by atoms with Gasteiger partial charge < -0.3 is 20.6 Å². The number of carbonyl (C=O) groups excluding carboxylic acids is 2. The Kier molecular flexibility index (Phi) is 3.20. The van der Waals surface area contributed by atoms with E-state index in [9.17, 15) is 14.7 Å². The lowest BCUT2D eigenvalue weighted by molar-refractivity contribution is -0.123. The number of hydrogen-bond acceptors (Lipinski definition) is 4. The molecule has 0 aliphatic carbocycles. The first-order valence-electron chi connectivity index (χ1n) is 5.57. The highest BCUT2D eigenvalue weighted by molar-refractivity contribution is 6.02. The fourth-order valence-corrected chi connectivity index (χ4v) is 1.86. The Labute approximate surface area is 105 Å². The van der Waals surface area contributed by atoms with E-state index in [-0.39, 0.29) is 12.5 Å². The Morgan fingerprint density at radius 1 is 1.56 bits per heavy atom. The van der Waals surface area contributed by atoms with Crippen molar-refractivity contribution in [1.29, 1.82) is 0 Å². The van der Waals surface area contributed by atoms with Crippen molar-refractivity contribution in [3.05, 3.63) is 23.8 Å². The zero-order valence-electron chi connectivity index (χ0n) is 10.2. The molecule has 0 bridgehead atoms. The summed E-state index contributed by atoms with van der Waals surface area (Å²) in [5, 5.41) is 14.7. The van der Waals surface area contributed by atoms with E-state index in [4.69, 9.17) is 0 Å². The number of benzene rings is 1. The Morgan fingerprint density at radius 2 is 2.28 bits per heavy atom. The minimum atomic E-state index is -1.10. The molecule has 2 amide bonds. The Bertz CT molecular complexity index is 501. The molecule has 0 fully saturated rings. The number of nitrogens with one attached hydrogen (secondary N) is 2. The molecule has 18 heavy (non-hydrogen) atoms. The van der Waals surface area contributed by atoms with E-state index < -0.39 is 12.0 Å². The molecular formula is C12H15N3O3. The van der Waals surface area contributed by atoms with E-state index in [1.54, 1.807) is 37.2 Å². The standard InChI is InChI=1S/C12H15N3O3/c1-13-10(16)6-15(2)7-3-4-8-9(5-7)14-12(18)11(8)17/h3-5,11,17H,6H2,1-2H3,(H,13,16)(H,14,18). The largest absolute Gasteiger partial charge is 0.378 e. The van der Waals surface area contributed by atoms with Crippen molar-refractivity contribution in [2.24, 2.45) is 0 Å². The van der Waals surface area contributed by atoms with Crippen LogP contribution in [0, 0.1) is 0 Å². The number of amides is 2. The van der Waals surface area contributed by atoms with Gasteiger partial charge in [-0.15, -0.1) is 0 Å². The fraction of sp³-hybridized carbons (Fsp3) is 0.333. The van der Waals surface area contributed by atoms with E-state index in [0.717, 1.165) is 5.69 Å². The highest BCUT2D eigenvalue weighted by atomic mass is 16.3. The molecule has 0 saturated heterocycles. The predicted molar refractivity (Wildman–Crippen MR) is 67.4 cm³/mol. The van der Waals surface area contributed by atoms with Crippen LogP contribution in [0.2, 0.25) is 0 Å². The van der Waals surface area contributed by atoms with Crippen LogP contribution in [-0.4, -0.2) is 37.6 Å². The van der Waals surface area contributed by atoms with Crippen LogP contribution < -0.4 is 15.5 Å². The summed E-state index contributed by atoms with van der Waals surface area (Å²) < 4.78 is 0. The van der Waals surface area contributed by atoms with Crippen LogP contribution in [0.1, 0.15) is 11.7 Å². The average molecular weight is 249 g/mol. The van der Waals surface area contributed by atoms with Gasteiger partial charge in [-0.05, 0) is 12.1 Å². The highest BCUT2D eigenvalue weighted by Gasteiger charge is 2.28. The first kappa shape index (κ1) is 12.4. The summed E-state index contributed by atoms with van der Waals surface area (Å²) in [5.74, 6) is -0.516. The van der Waals surface area contributed by atoms with Gasteiger partial charge in [0.2, 0.25) is 5.91 Å². The van der Waals surface area contributed by atoms with Gasteiger partial charge in [0, 0.05) is 31.0 Å². The van der Waals surface area contributed by atoms with Gasteiger partial charge in [0.25, 0.3) is 5.91 Å². The monoisotopic (exact) mass is 249 g/mol. The minimum Gasteiger partial charge on any atom is -0.378 e. The van der Waals surface area contributed by atoms with Gasteiger partial charge in [-0.3, -0.25) is 9.59 Å². The molecule has 96 valence electrons. The first-order valence-corrected chi connectivity index (χ1v) is 5.57. The summed E-state index contributed by atoms with van der Waals surface area (Å²) in [7, 11) is 3.36. The Hall–Kier alpha value is -2.08. The quantitative estimate of drug-likeness (QED) is 0.696. The lowest BCUT2D eigenvalue weighted by Crippen LogP contribution is -2.32. The van der Waals surface area contributed by atoms with Gasteiger partial charge in [-0.2, -0.15) is 0 Å². The van der Waals surface area contributed by atoms with Crippen molar-refractivity contribution in [2.45, 2.75) is 6.10 Å². The van der Waals surface area contributed by atoms with E-state index in [1.807, 2.05) is 0 Å². The van der Waals surface area contributed by atoms with Crippen molar-refractivity contribution in [1.82, 2.24) is 5.32 Å². The van der Waals surface area contributed by atoms with E-state index in [2.05, 4.69) is 10.6 Å². The van der Waals surface area contributed by atoms with Crippen LogP contribution in [0.4, 0.5) is 11.4 Å². The van der Waals surface area contributed by atoms with Crippen molar-refractivity contribution >= 4 is 23.2 Å². The number of carbonyl (C=O) groups is 2. The SMILES string of the molecule is CNC(=O)CN(C)c1ccc2c(c1)NC(=O)C2O. The molecule has 2 rings (SSSR count). The number of aliphatic hydroxyl groups is 1. The van der Waals surface area contributed by atoms with Crippen LogP contribution in [0.15, 0.2) is 18.2 Å². The average Bonchev–Trinajstić information content (AvgIpc) is 2.64. The smallest absolute Gasteiger partial charge is 0.257 e. The summed E-state index contributed by atoms with van der Waals surface area (Å²) in [6, 6.07) is 5.20. The predicted octanol–water partition coefficient (Wildman–Crippen LogP) is -0.146. The Balaban J connectivity index is 2.20. The van der Waals surface area contributed by atoms with Gasteiger partial charge >= 0.3 is 0 Å². The second-order valence-electron chi connectivity index (χ2n) is 4.19. The first-order chi connectivity index (χ1) is 8.52. The minimum absolute atomic E-state index is 0.0953. The number of anilines is 2. The number of fused-ring (bicyclic) bond motifs is 1. The summed E-state index contributed by atoms with van der Waals surface area (Å²) in [6.07, 6.45) is -1.10. The highest BCUT2D eigenvalue weighted by Crippen LogP contribution is 2.33. The zero-order chi connectivity index (χ0) is 13.3. The molecule has 1 aromatic rings. The summed E-state index contributed by atoms with van der Waals surface area (Å²) >= 11 is 0. The lowest BCUT2D eigenvalue weighted by atomic mass is 10.1. The molecule has 1 aliphatic rings. The molecule has 1 aliphatic heterocycles. The second-order valence-corrected chi connectivity index (χ2v) is 4.19. The molecule has 1 atom stereocenters. The molecule has 0 aromatic heterocycles. The van der Waals surface area contributed by atoms with Gasteiger partial charge in [-0.1, -0.05) is 6.07 Å². The zero-order valence-corrected chi connectivity index (χ0v) is 10.2. The van der Waals surface area contributed by atoms with Crippen molar-refractivity contribution in [2.75, 3.05) is 30.9 Å².